The van der Waals surface area contributed by atoms with Crippen molar-refractivity contribution >= 4 is 21.8 Å². The van der Waals surface area contributed by atoms with Crippen molar-refractivity contribution in [2.75, 3.05) is 29.5 Å². The fourth-order valence-electron chi connectivity index (χ4n) is 1.12. The van der Waals surface area contributed by atoms with Gasteiger partial charge in [0.05, 0.1) is 11.9 Å². The summed E-state index contributed by atoms with van der Waals surface area (Å²) in [5.74, 6) is -0.705. The van der Waals surface area contributed by atoms with Crippen LogP contribution in [0.4, 0.5) is 16.2 Å². The number of rotatable bonds is 7. The van der Waals surface area contributed by atoms with Gasteiger partial charge >= 0.3 is 0 Å². The van der Waals surface area contributed by atoms with Gasteiger partial charge in [-0.25, -0.2) is 22.9 Å². The normalized spacial score (nSPS) is 11.3. The molecule has 0 aromatic carbocycles. The maximum atomic E-state index is 13.3. The lowest BCUT2D eigenvalue weighted by molar-refractivity contribution is 0.597. The molecule has 1 rings (SSSR count). The van der Waals surface area contributed by atoms with Gasteiger partial charge in [0.25, 0.3) is 0 Å². The summed E-state index contributed by atoms with van der Waals surface area (Å²) in [6, 6.07) is 0. The van der Waals surface area contributed by atoms with Gasteiger partial charge in [0, 0.05) is 13.1 Å². The molecule has 9 heteroatoms. The number of hydrogen-bond donors (Lipinski definition) is 3. The van der Waals surface area contributed by atoms with Crippen LogP contribution < -0.4 is 15.8 Å². The molecule has 0 aliphatic carbocycles. The Morgan fingerprint density at radius 2 is 2.11 bits per heavy atom. The Morgan fingerprint density at radius 3 is 2.72 bits per heavy atom. The Balaban J connectivity index is 2.63. The standard InChI is InChI=1S/C9H16FN5O2S/c1-2-3-13-9-14-6-7(10)8(15-9)12-4-5-18(11,16)17/h6H,2-5H2,1H3,(H2,11,16,17)(H2,12,13,14,15). The van der Waals surface area contributed by atoms with Gasteiger partial charge in [-0.1, -0.05) is 6.92 Å². The van der Waals surface area contributed by atoms with Crippen LogP contribution in [0.15, 0.2) is 6.20 Å². The van der Waals surface area contributed by atoms with Crippen molar-refractivity contribution in [2.45, 2.75) is 13.3 Å². The van der Waals surface area contributed by atoms with Crippen LogP contribution in [-0.2, 0) is 10.0 Å². The van der Waals surface area contributed by atoms with E-state index in [-0.39, 0.29) is 24.1 Å². The number of nitrogens with one attached hydrogen (secondary N) is 2. The number of hydrogen-bond acceptors (Lipinski definition) is 6. The quantitative estimate of drug-likeness (QED) is 0.654. The molecule has 0 aliphatic rings. The third-order valence-electron chi connectivity index (χ3n) is 1.96. The van der Waals surface area contributed by atoms with E-state index in [0.29, 0.717) is 6.54 Å². The van der Waals surface area contributed by atoms with Crippen molar-refractivity contribution in [3.63, 3.8) is 0 Å². The van der Waals surface area contributed by atoms with Gasteiger partial charge in [0.15, 0.2) is 11.6 Å². The van der Waals surface area contributed by atoms with E-state index < -0.39 is 15.8 Å². The molecule has 1 aromatic rings. The molecule has 7 nitrogen and oxygen atoms in total. The first-order valence-corrected chi connectivity index (χ1v) is 7.14. The lowest BCUT2D eigenvalue weighted by atomic mass is 10.5. The number of halogens is 1. The predicted octanol–water partition coefficient (Wildman–Crippen LogP) is 0.138. The molecule has 0 saturated carbocycles. The smallest absolute Gasteiger partial charge is 0.224 e. The van der Waals surface area contributed by atoms with Crippen molar-refractivity contribution in [1.82, 2.24) is 9.97 Å². The molecule has 1 heterocycles. The first kappa shape index (κ1) is 14.6. The molecule has 0 aliphatic heterocycles. The van der Waals surface area contributed by atoms with Gasteiger partial charge in [-0.05, 0) is 6.42 Å². The number of primary sulfonamides is 1. The van der Waals surface area contributed by atoms with Crippen LogP contribution in [0.3, 0.4) is 0 Å². The van der Waals surface area contributed by atoms with E-state index in [1.807, 2.05) is 6.92 Å². The highest BCUT2D eigenvalue weighted by atomic mass is 32.2. The van der Waals surface area contributed by atoms with E-state index in [0.717, 1.165) is 12.6 Å². The van der Waals surface area contributed by atoms with Crippen molar-refractivity contribution in [2.24, 2.45) is 5.14 Å². The van der Waals surface area contributed by atoms with Crippen molar-refractivity contribution in [3.8, 4) is 0 Å². The molecular weight excluding hydrogens is 261 g/mol. The zero-order valence-electron chi connectivity index (χ0n) is 9.98. The van der Waals surface area contributed by atoms with Gasteiger partial charge in [-0.15, -0.1) is 0 Å². The zero-order chi connectivity index (χ0) is 13.6. The molecule has 0 spiro atoms. The largest absolute Gasteiger partial charge is 0.366 e. The summed E-state index contributed by atoms with van der Waals surface area (Å²) in [4.78, 5) is 7.64. The topological polar surface area (TPSA) is 110 Å². The summed E-state index contributed by atoms with van der Waals surface area (Å²) in [5.41, 5.74) is 0. The van der Waals surface area contributed by atoms with Gasteiger partial charge in [-0.3, -0.25) is 0 Å². The highest BCUT2D eigenvalue weighted by Gasteiger charge is 2.08. The van der Waals surface area contributed by atoms with Crippen LogP contribution in [0.2, 0.25) is 0 Å². The van der Waals surface area contributed by atoms with E-state index in [2.05, 4.69) is 20.6 Å². The van der Waals surface area contributed by atoms with Gasteiger partial charge in [0.2, 0.25) is 16.0 Å². The second-order valence-corrected chi connectivity index (χ2v) is 5.34. The minimum atomic E-state index is -3.58. The van der Waals surface area contributed by atoms with E-state index in [1.54, 1.807) is 0 Å². The highest BCUT2D eigenvalue weighted by molar-refractivity contribution is 7.89. The average molecular weight is 277 g/mol. The predicted molar refractivity (Wildman–Crippen MR) is 67.2 cm³/mol. The Bertz CT molecular complexity index is 494. The van der Waals surface area contributed by atoms with E-state index >= 15 is 0 Å². The van der Waals surface area contributed by atoms with Crippen LogP contribution in [0, 0.1) is 5.82 Å². The molecule has 1 aromatic heterocycles. The van der Waals surface area contributed by atoms with Crippen LogP contribution in [0.1, 0.15) is 13.3 Å². The van der Waals surface area contributed by atoms with Crippen molar-refractivity contribution in [1.29, 1.82) is 0 Å². The van der Waals surface area contributed by atoms with Crippen molar-refractivity contribution in [3.05, 3.63) is 12.0 Å². The molecular formula is C9H16FN5O2S. The molecule has 102 valence electrons. The Morgan fingerprint density at radius 1 is 1.39 bits per heavy atom. The Kier molecular flexibility index (Phi) is 5.23. The van der Waals surface area contributed by atoms with Gasteiger partial charge in [-0.2, -0.15) is 4.98 Å². The average Bonchev–Trinajstić information content (AvgIpc) is 2.28. The second-order valence-electron chi connectivity index (χ2n) is 3.61. The van der Waals surface area contributed by atoms with E-state index in [9.17, 15) is 12.8 Å². The second kappa shape index (κ2) is 6.45. The monoisotopic (exact) mass is 277 g/mol. The third-order valence-corrected chi connectivity index (χ3v) is 2.73. The maximum absolute atomic E-state index is 13.3. The molecule has 0 fully saturated rings. The first-order chi connectivity index (χ1) is 8.42. The molecule has 4 N–H and O–H groups in total. The van der Waals surface area contributed by atoms with Crippen LogP contribution >= 0.6 is 0 Å². The van der Waals surface area contributed by atoms with Gasteiger partial charge < -0.3 is 10.6 Å². The van der Waals surface area contributed by atoms with Crippen molar-refractivity contribution < 1.29 is 12.8 Å². The highest BCUT2D eigenvalue weighted by Crippen LogP contribution is 2.11. The molecule has 18 heavy (non-hydrogen) atoms. The first-order valence-electron chi connectivity index (χ1n) is 5.43. The maximum Gasteiger partial charge on any atom is 0.224 e. The molecule has 0 bridgehead atoms. The SMILES string of the molecule is CCCNc1ncc(F)c(NCCS(N)(=O)=O)n1. The fraction of sp³-hybridized carbons (Fsp3) is 0.556. The lowest BCUT2D eigenvalue weighted by Gasteiger charge is -2.08. The van der Waals surface area contributed by atoms with Crippen LogP contribution in [0.5, 0.6) is 0 Å². The Labute approximate surface area is 105 Å². The summed E-state index contributed by atoms with van der Waals surface area (Å²) in [6.45, 7) is 2.63. The molecule has 0 unspecified atom stereocenters. The van der Waals surface area contributed by atoms with Crippen LogP contribution in [-0.4, -0.2) is 37.2 Å². The summed E-state index contributed by atoms with van der Waals surface area (Å²) < 4.78 is 34.7. The molecule has 0 atom stereocenters. The van der Waals surface area contributed by atoms with E-state index in [4.69, 9.17) is 5.14 Å². The number of aromatic nitrogens is 2. The van der Waals surface area contributed by atoms with E-state index in [1.165, 1.54) is 0 Å². The minimum absolute atomic E-state index is 0.0139. The fourth-order valence-corrected chi connectivity index (χ4v) is 1.51. The van der Waals surface area contributed by atoms with Crippen LogP contribution in [0.25, 0.3) is 0 Å². The summed E-state index contributed by atoms with van der Waals surface area (Å²) >= 11 is 0. The number of nitrogens with zero attached hydrogens (tertiary/aromatic N) is 2. The third kappa shape index (κ3) is 5.23. The number of nitrogens with two attached hydrogens (primary N) is 1. The zero-order valence-corrected chi connectivity index (χ0v) is 10.8. The number of sulfonamides is 1. The number of anilines is 2. The summed E-state index contributed by atoms with van der Waals surface area (Å²) in [5, 5.41) is 10.3. The molecule has 0 amide bonds. The molecule has 0 radical (unpaired) electrons. The summed E-state index contributed by atoms with van der Waals surface area (Å²) in [7, 11) is -3.58. The van der Waals surface area contributed by atoms with Gasteiger partial charge in [0.1, 0.15) is 0 Å². The lowest BCUT2D eigenvalue weighted by Crippen LogP contribution is -2.23. The minimum Gasteiger partial charge on any atom is -0.366 e. The molecule has 0 saturated heterocycles. The Hall–Kier alpha value is -1.48. The summed E-state index contributed by atoms with van der Waals surface area (Å²) in [6.07, 6.45) is 1.90.